The lowest BCUT2D eigenvalue weighted by Gasteiger charge is -2.02. The van der Waals surface area contributed by atoms with Crippen LogP contribution in [0.2, 0.25) is 0 Å². The maximum Gasteiger partial charge on any atom is 0.250 e. The number of nitrogens with one attached hydrogen (secondary N) is 1. The van der Waals surface area contributed by atoms with E-state index in [4.69, 9.17) is 0 Å². The Balaban J connectivity index is 1.59. The van der Waals surface area contributed by atoms with Gasteiger partial charge in [-0.1, -0.05) is 60.3 Å². The number of hydrogen-bond acceptors (Lipinski definition) is 4. The number of carbonyl (C=O) groups excluding carboxylic acids is 1. The van der Waals surface area contributed by atoms with Gasteiger partial charge in [0.1, 0.15) is 0 Å². The summed E-state index contributed by atoms with van der Waals surface area (Å²) >= 11 is 1.38. The molecule has 114 valence electrons. The molecule has 5 heteroatoms. The third-order valence-corrected chi connectivity index (χ3v) is 4.15. The first-order chi connectivity index (χ1) is 11.3. The van der Waals surface area contributed by atoms with Crippen molar-refractivity contribution in [2.24, 2.45) is 5.10 Å². The number of fused-ring (bicyclic) bond motifs is 1. The minimum absolute atomic E-state index is 0.155. The molecule has 1 heterocycles. The number of nitrogens with zero attached hydrogens (tertiary/aromatic N) is 2. The number of amides is 1. The molecule has 1 N–H and O–H groups in total. The molecule has 0 fully saturated rings. The standard InChI is InChI=1S/C18H15N3OS/c22-17(13-23-18-10-3-4-11-19-18)21-20-12-15-8-5-7-14-6-1-2-9-16(14)15/h1-12H,13H2,(H,21,22)/b20-12-. The van der Waals surface area contributed by atoms with Gasteiger partial charge in [-0.3, -0.25) is 4.79 Å². The van der Waals surface area contributed by atoms with E-state index in [1.54, 1.807) is 12.4 Å². The summed E-state index contributed by atoms with van der Waals surface area (Å²) in [6, 6.07) is 19.7. The van der Waals surface area contributed by atoms with E-state index in [1.165, 1.54) is 11.8 Å². The van der Waals surface area contributed by atoms with E-state index in [1.807, 2.05) is 48.5 Å². The van der Waals surface area contributed by atoms with Gasteiger partial charge in [-0.05, 0) is 22.9 Å². The van der Waals surface area contributed by atoms with E-state index in [2.05, 4.69) is 27.6 Å². The van der Waals surface area contributed by atoms with Gasteiger partial charge in [-0.15, -0.1) is 0 Å². The SMILES string of the molecule is O=C(CSc1ccccn1)N/N=C\c1cccc2ccccc12. The van der Waals surface area contributed by atoms with Crippen LogP contribution < -0.4 is 5.43 Å². The Morgan fingerprint density at radius 2 is 1.91 bits per heavy atom. The molecular formula is C18H15N3OS. The first-order valence-corrected chi connectivity index (χ1v) is 8.15. The van der Waals surface area contributed by atoms with E-state index in [0.29, 0.717) is 0 Å². The van der Waals surface area contributed by atoms with Crippen LogP contribution in [0.4, 0.5) is 0 Å². The lowest BCUT2D eigenvalue weighted by Crippen LogP contribution is -2.19. The van der Waals surface area contributed by atoms with Crippen LogP contribution in [0.25, 0.3) is 10.8 Å². The maximum absolute atomic E-state index is 11.8. The van der Waals surface area contributed by atoms with Gasteiger partial charge in [0.25, 0.3) is 0 Å². The molecule has 2 aromatic carbocycles. The summed E-state index contributed by atoms with van der Waals surface area (Å²) < 4.78 is 0. The number of rotatable bonds is 5. The highest BCUT2D eigenvalue weighted by Crippen LogP contribution is 2.16. The molecule has 0 aliphatic heterocycles. The van der Waals surface area contributed by atoms with E-state index >= 15 is 0 Å². The van der Waals surface area contributed by atoms with Crippen molar-refractivity contribution in [1.29, 1.82) is 0 Å². The van der Waals surface area contributed by atoms with Crippen molar-refractivity contribution < 1.29 is 4.79 Å². The average Bonchev–Trinajstić information content (AvgIpc) is 2.61. The minimum atomic E-state index is -0.155. The van der Waals surface area contributed by atoms with E-state index < -0.39 is 0 Å². The Bertz CT molecular complexity index is 829. The normalized spacial score (nSPS) is 11.0. The van der Waals surface area contributed by atoms with Crippen LogP contribution in [-0.2, 0) is 4.79 Å². The molecule has 1 amide bonds. The number of carbonyl (C=O) groups is 1. The molecule has 3 aromatic rings. The molecule has 0 bridgehead atoms. The second-order valence-corrected chi connectivity index (χ2v) is 5.81. The summed E-state index contributed by atoms with van der Waals surface area (Å²) in [4.78, 5) is 16.0. The van der Waals surface area contributed by atoms with Crippen LogP contribution >= 0.6 is 11.8 Å². The first-order valence-electron chi connectivity index (χ1n) is 7.16. The van der Waals surface area contributed by atoms with E-state index in [-0.39, 0.29) is 11.7 Å². The first kappa shape index (κ1) is 15.2. The van der Waals surface area contributed by atoms with E-state index in [0.717, 1.165) is 21.4 Å². The Hall–Kier alpha value is -2.66. The summed E-state index contributed by atoms with van der Waals surface area (Å²) in [5.74, 6) is 0.126. The monoisotopic (exact) mass is 321 g/mol. The van der Waals surface area contributed by atoms with Crippen LogP contribution in [0.15, 0.2) is 77.0 Å². The van der Waals surface area contributed by atoms with E-state index in [9.17, 15) is 4.79 Å². The Labute approximate surface area is 138 Å². The third-order valence-electron chi connectivity index (χ3n) is 3.21. The summed E-state index contributed by atoms with van der Waals surface area (Å²) in [5, 5.41) is 7.12. The molecular weight excluding hydrogens is 306 g/mol. The van der Waals surface area contributed by atoms with Gasteiger partial charge in [0.15, 0.2) is 0 Å². The fourth-order valence-electron chi connectivity index (χ4n) is 2.14. The maximum atomic E-state index is 11.8. The topological polar surface area (TPSA) is 54.4 Å². The van der Waals surface area contributed by atoms with Crippen LogP contribution in [0.3, 0.4) is 0 Å². The zero-order valence-corrected chi connectivity index (χ0v) is 13.2. The molecule has 1 aromatic heterocycles. The second-order valence-electron chi connectivity index (χ2n) is 4.82. The molecule has 3 rings (SSSR count). The zero-order chi connectivity index (χ0) is 15.9. The van der Waals surface area contributed by atoms with Crippen molar-refractivity contribution in [3.8, 4) is 0 Å². The highest BCUT2D eigenvalue weighted by molar-refractivity contribution is 7.99. The molecule has 0 saturated carbocycles. The fourth-order valence-corrected chi connectivity index (χ4v) is 2.79. The summed E-state index contributed by atoms with van der Waals surface area (Å²) in [6.07, 6.45) is 3.38. The lowest BCUT2D eigenvalue weighted by atomic mass is 10.1. The fraction of sp³-hybridized carbons (Fsp3) is 0.0556. The van der Waals surface area contributed by atoms with Crippen molar-refractivity contribution in [3.05, 3.63) is 72.4 Å². The number of thioether (sulfide) groups is 1. The van der Waals surface area contributed by atoms with Crippen LogP contribution in [-0.4, -0.2) is 22.9 Å². The van der Waals surface area contributed by atoms with Gasteiger partial charge in [0.05, 0.1) is 17.0 Å². The largest absolute Gasteiger partial charge is 0.272 e. The molecule has 0 spiro atoms. The number of pyridine rings is 1. The molecule has 0 radical (unpaired) electrons. The van der Waals surface area contributed by atoms with Gasteiger partial charge in [-0.2, -0.15) is 5.10 Å². The van der Waals surface area contributed by atoms with Crippen LogP contribution in [0.5, 0.6) is 0 Å². The molecule has 0 atom stereocenters. The highest BCUT2D eigenvalue weighted by Gasteiger charge is 2.02. The molecule has 0 aliphatic rings. The van der Waals surface area contributed by atoms with Crippen molar-refractivity contribution in [2.45, 2.75) is 5.03 Å². The Morgan fingerprint density at radius 3 is 2.78 bits per heavy atom. The van der Waals surface area contributed by atoms with Gasteiger partial charge in [0, 0.05) is 11.8 Å². The van der Waals surface area contributed by atoms with Gasteiger partial charge in [0.2, 0.25) is 5.91 Å². The summed E-state index contributed by atoms with van der Waals surface area (Å²) in [6.45, 7) is 0. The number of benzene rings is 2. The quantitative estimate of drug-likeness (QED) is 0.445. The third kappa shape index (κ3) is 4.17. The molecule has 0 saturated heterocycles. The molecule has 4 nitrogen and oxygen atoms in total. The van der Waals surface area contributed by atoms with Crippen molar-refractivity contribution in [2.75, 3.05) is 5.75 Å². The van der Waals surface area contributed by atoms with Crippen molar-refractivity contribution >= 4 is 34.7 Å². The molecule has 0 unspecified atom stereocenters. The van der Waals surface area contributed by atoms with Gasteiger partial charge in [-0.25, -0.2) is 10.4 Å². The van der Waals surface area contributed by atoms with Crippen molar-refractivity contribution in [3.63, 3.8) is 0 Å². The Morgan fingerprint density at radius 1 is 1.09 bits per heavy atom. The van der Waals surface area contributed by atoms with Crippen LogP contribution in [0, 0.1) is 0 Å². The smallest absolute Gasteiger partial charge is 0.250 e. The lowest BCUT2D eigenvalue weighted by molar-refractivity contribution is -0.118. The highest BCUT2D eigenvalue weighted by atomic mass is 32.2. The number of hydrazone groups is 1. The zero-order valence-electron chi connectivity index (χ0n) is 12.3. The summed E-state index contributed by atoms with van der Waals surface area (Å²) in [7, 11) is 0. The second kappa shape index (κ2) is 7.56. The predicted octanol–water partition coefficient (Wildman–Crippen LogP) is 3.48. The van der Waals surface area contributed by atoms with Gasteiger partial charge < -0.3 is 0 Å². The van der Waals surface area contributed by atoms with Gasteiger partial charge >= 0.3 is 0 Å². The number of hydrogen-bond donors (Lipinski definition) is 1. The van der Waals surface area contributed by atoms with Crippen LogP contribution in [0.1, 0.15) is 5.56 Å². The molecule has 0 aliphatic carbocycles. The number of aromatic nitrogens is 1. The predicted molar refractivity (Wildman–Crippen MR) is 94.6 cm³/mol. The van der Waals surface area contributed by atoms with Crippen molar-refractivity contribution in [1.82, 2.24) is 10.4 Å². The Kier molecular flexibility index (Phi) is 5.01. The summed E-state index contributed by atoms with van der Waals surface area (Å²) in [5.41, 5.74) is 3.52. The minimum Gasteiger partial charge on any atom is -0.272 e. The average molecular weight is 321 g/mol. The molecule has 23 heavy (non-hydrogen) atoms.